The second kappa shape index (κ2) is 12.5. The molecule has 1 saturated heterocycles. The Balaban J connectivity index is 1.02. The maximum Gasteiger partial charge on any atom is 0.306 e. The fraction of sp³-hybridized carbons (Fsp3) is 0.872. The van der Waals surface area contributed by atoms with Crippen LogP contribution < -0.4 is 5.32 Å². The van der Waals surface area contributed by atoms with E-state index < -0.39 is 16.8 Å². The Kier molecular flexibility index (Phi) is 9.03. The molecule has 45 heavy (non-hydrogen) atoms. The van der Waals surface area contributed by atoms with Gasteiger partial charge in [0.05, 0.1) is 5.92 Å². The second-order valence-corrected chi connectivity index (χ2v) is 19.1. The van der Waals surface area contributed by atoms with Crippen LogP contribution in [0.25, 0.3) is 0 Å². The van der Waals surface area contributed by atoms with Crippen LogP contribution in [0, 0.1) is 52.3 Å². The molecule has 7 rings (SSSR count). The molecule has 252 valence electrons. The van der Waals surface area contributed by atoms with Crippen LogP contribution in [-0.4, -0.2) is 63.4 Å². The quantitative estimate of drug-likeness (QED) is 0.301. The molecule has 9 unspecified atom stereocenters. The van der Waals surface area contributed by atoms with Crippen LogP contribution in [0.4, 0.5) is 0 Å². The summed E-state index contributed by atoms with van der Waals surface area (Å²) in [5, 5.41) is 14.2. The van der Waals surface area contributed by atoms with E-state index in [1.165, 1.54) is 69.8 Å². The number of carboxylic acids is 1. The zero-order chi connectivity index (χ0) is 31.6. The normalized spacial score (nSPS) is 46.2. The molecule has 0 radical (unpaired) electrons. The number of aliphatic carboxylic acids is 1. The van der Waals surface area contributed by atoms with Gasteiger partial charge in [-0.15, -0.1) is 0 Å². The monoisotopic (exact) mass is 638 g/mol. The van der Waals surface area contributed by atoms with Crippen molar-refractivity contribution in [1.29, 1.82) is 0 Å². The molecule has 4 saturated carbocycles. The molecule has 0 spiro atoms. The van der Waals surface area contributed by atoms with Gasteiger partial charge in [0.2, 0.25) is 0 Å². The van der Waals surface area contributed by atoms with E-state index in [1.807, 2.05) is 6.26 Å². The van der Waals surface area contributed by atoms with Gasteiger partial charge < -0.3 is 15.3 Å². The first-order valence-corrected chi connectivity index (χ1v) is 20.6. The van der Waals surface area contributed by atoms with Crippen molar-refractivity contribution < 1.29 is 14.1 Å². The summed E-state index contributed by atoms with van der Waals surface area (Å²) in [4.78, 5) is 14.2. The Morgan fingerprint density at radius 3 is 2.44 bits per heavy atom. The molecule has 1 heterocycles. The zero-order valence-corrected chi connectivity index (χ0v) is 29.6. The van der Waals surface area contributed by atoms with Crippen LogP contribution in [0.1, 0.15) is 117 Å². The highest BCUT2D eigenvalue weighted by atomic mass is 32.2. The number of nitrogens with one attached hydrogen (secondary N) is 1. The van der Waals surface area contributed by atoms with Crippen molar-refractivity contribution in [3.8, 4) is 0 Å². The summed E-state index contributed by atoms with van der Waals surface area (Å²) in [5.41, 5.74) is 4.27. The van der Waals surface area contributed by atoms with Crippen LogP contribution in [0.2, 0.25) is 0 Å². The first-order valence-electron chi connectivity index (χ1n) is 19.0. The fourth-order valence-electron chi connectivity index (χ4n) is 13.4. The lowest BCUT2D eigenvalue weighted by Gasteiger charge is -2.67. The van der Waals surface area contributed by atoms with Crippen LogP contribution in [0.15, 0.2) is 23.3 Å². The van der Waals surface area contributed by atoms with E-state index in [9.17, 15) is 14.1 Å². The van der Waals surface area contributed by atoms with Crippen molar-refractivity contribution in [2.75, 3.05) is 32.4 Å². The van der Waals surface area contributed by atoms with Gasteiger partial charge in [-0.05, 0) is 160 Å². The number of allylic oxidation sites excluding steroid dienone is 4. The van der Waals surface area contributed by atoms with Gasteiger partial charge in [0.15, 0.2) is 0 Å². The molecule has 11 atom stereocenters. The Bertz CT molecular complexity index is 1220. The molecule has 0 aromatic rings. The van der Waals surface area contributed by atoms with Crippen LogP contribution in [0.3, 0.4) is 0 Å². The Hall–Kier alpha value is -0.980. The first-order chi connectivity index (χ1) is 21.6. The van der Waals surface area contributed by atoms with E-state index in [0.717, 1.165) is 81.5 Å². The number of carboxylic acid groups (broad SMARTS) is 1. The highest BCUT2D eigenvalue weighted by Crippen LogP contribution is 2.70. The average Bonchev–Trinajstić information content (AvgIpc) is 3.46. The van der Waals surface area contributed by atoms with E-state index in [1.54, 1.807) is 5.57 Å². The van der Waals surface area contributed by atoms with Crippen molar-refractivity contribution in [2.24, 2.45) is 52.3 Å². The van der Waals surface area contributed by atoms with Gasteiger partial charge in [0.25, 0.3) is 0 Å². The number of hydrogen-bond donors (Lipinski definition) is 2. The highest BCUT2D eigenvalue weighted by molar-refractivity contribution is 7.84. The molecule has 5 fully saturated rings. The number of likely N-dealkylation sites (tertiary alicyclic amines) is 1. The van der Waals surface area contributed by atoms with Crippen molar-refractivity contribution in [3.63, 3.8) is 0 Å². The Morgan fingerprint density at radius 1 is 0.956 bits per heavy atom. The summed E-state index contributed by atoms with van der Waals surface area (Å²) in [5.74, 6) is 3.99. The number of hydrogen-bond acceptors (Lipinski definition) is 4. The third-order valence-electron chi connectivity index (χ3n) is 15.7. The lowest BCUT2D eigenvalue weighted by atomic mass is 9.38. The maximum absolute atomic E-state index is 11.9. The molecular formula is C39H62N2O3S. The summed E-state index contributed by atoms with van der Waals surface area (Å²) in [6.07, 6.45) is 25.3. The van der Waals surface area contributed by atoms with Crippen molar-refractivity contribution >= 4 is 16.8 Å². The minimum absolute atomic E-state index is 0.189. The molecule has 0 bridgehead atoms. The van der Waals surface area contributed by atoms with Gasteiger partial charge >= 0.3 is 5.97 Å². The molecule has 2 N–H and O–H groups in total. The predicted molar refractivity (Wildman–Crippen MR) is 184 cm³/mol. The Labute approximate surface area is 276 Å². The average molecular weight is 639 g/mol. The summed E-state index contributed by atoms with van der Waals surface area (Å²) < 4.78 is 11.9. The smallest absolute Gasteiger partial charge is 0.306 e. The zero-order valence-electron chi connectivity index (χ0n) is 28.8. The third kappa shape index (κ3) is 5.57. The van der Waals surface area contributed by atoms with Crippen molar-refractivity contribution in [3.05, 3.63) is 23.3 Å². The van der Waals surface area contributed by atoms with Gasteiger partial charge in [-0.2, -0.15) is 0 Å². The lowest BCUT2D eigenvalue weighted by Crippen LogP contribution is -2.63. The molecule has 0 amide bonds. The molecule has 6 aliphatic carbocycles. The fourth-order valence-corrected chi connectivity index (χ4v) is 14.3. The number of rotatable bonds is 7. The standard InChI is InChI=1S/C39H62N2O3S/c1-26-30(27-7-9-28(10-8-27)36(42)43)13-19-37(2)32(26)14-20-38(3)33-15-21-39(18-5-6-34(39)31(33)11-12-35(37)38)40-22-25-41-23-16-29(17-24-41)45(4)44/h7,13,26,28-29,31-35,40H,5-6,8-12,14-25H2,1-4H3,(H,42,43)/t26?,28-,31?,32?,33?,34-,35?,37?,38?,39?,45?/m1/s1. The van der Waals surface area contributed by atoms with Crippen molar-refractivity contribution in [2.45, 2.75) is 128 Å². The van der Waals surface area contributed by atoms with Gasteiger partial charge in [-0.1, -0.05) is 39.3 Å². The maximum atomic E-state index is 11.9. The van der Waals surface area contributed by atoms with E-state index in [4.69, 9.17) is 0 Å². The summed E-state index contributed by atoms with van der Waals surface area (Å²) in [6.45, 7) is 12.4. The van der Waals surface area contributed by atoms with E-state index >= 15 is 0 Å². The minimum Gasteiger partial charge on any atom is -0.481 e. The predicted octanol–water partition coefficient (Wildman–Crippen LogP) is 7.59. The van der Waals surface area contributed by atoms with E-state index in [2.05, 4.69) is 43.1 Å². The van der Waals surface area contributed by atoms with Crippen LogP contribution in [-0.2, 0) is 15.6 Å². The molecular weight excluding hydrogens is 577 g/mol. The molecule has 6 heteroatoms. The lowest BCUT2D eigenvalue weighted by molar-refractivity contribution is -0.166. The molecule has 0 aromatic heterocycles. The van der Waals surface area contributed by atoms with E-state index in [-0.39, 0.29) is 5.92 Å². The number of fused-ring (bicyclic) bond motifs is 7. The Morgan fingerprint density at radius 2 is 1.73 bits per heavy atom. The molecule has 0 aromatic carbocycles. The van der Waals surface area contributed by atoms with Gasteiger partial charge in [0, 0.05) is 40.9 Å². The first kappa shape index (κ1) is 32.6. The van der Waals surface area contributed by atoms with Gasteiger partial charge in [-0.25, -0.2) is 0 Å². The number of piperidine rings is 1. The van der Waals surface area contributed by atoms with Gasteiger partial charge in [-0.3, -0.25) is 9.00 Å². The topological polar surface area (TPSA) is 69.6 Å². The molecule has 5 nitrogen and oxygen atoms in total. The molecule has 7 aliphatic rings. The van der Waals surface area contributed by atoms with Crippen molar-refractivity contribution in [1.82, 2.24) is 10.2 Å². The van der Waals surface area contributed by atoms with Crippen LogP contribution in [0.5, 0.6) is 0 Å². The van der Waals surface area contributed by atoms with E-state index in [0.29, 0.717) is 34.0 Å². The summed E-state index contributed by atoms with van der Waals surface area (Å²) in [7, 11) is -0.668. The number of nitrogens with zero attached hydrogens (tertiary/aromatic N) is 1. The highest BCUT2D eigenvalue weighted by Gasteiger charge is 2.64. The van der Waals surface area contributed by atoms with Crippen LogP contribution >= 0.6 is 0 Å². The largest absolute Gasteiger partial charge is 0.481 e. The van der Waals surface area contributed by atoms with Gasteiger partial charge in [0.1, 0.15) is 0 Å². The molecule has 1 aliphatic heterocycles. The SMILES string of the molecule is CC1C(C2=CC[C@@H](C(=O)O)CC2)=CCC2(C)C1CCC1(C)C3CCC4(NCCN5CCC(S(C)=O)CC5)CCC[C@@H]4C3CCC21. The minimum atomic E-state index is -0.668. The third-order valence-corrected chi connectivity index (χ3v) is 17.2. The number of carbonyl (C=O) groups is 1. The summed E-state index contributed by atoms with van der Waals surface area (Å²) in [6, 6.07) is 0. The summed E-state index contributed by atoms with van der Waals surface area (Å²) >= 11 is 0. The second-order valence-electron chi connectivity index (χ2n) is 17.4.